The highest BCUT2D eigenvalue weighted by atomic mass is 79.9. The van der Waals surface area contributed by atoms with Crippen LogP contribution in [0.2, 0.25) is 0 Å². The molecule has 0 radical (unpaired) electrons. The lowest BCUT2D eigenvalue weighted by atomic mass is 10.0. The number of ether oxygens (including phenoxy) is 1. The lowest BCUT2D eigenvalue weighted by Gasteiger charge is -2.06. The van der Waals surface area contributed by atoms with Gasteiger partial charge in [0, 0.05) is 27.2 Å². The van der Waals surface area contributed by atoms with Gasteiger partial charge in [-0.25, -0.2) is 0 Å². The third-order valence-corrected chi connectivity index (χ3v) is 5.19. The topological polar surface area (TPSA) is 78.8 Å². The smallest absolute Gasteiger partial charge is 0.241 e. The second kappa shape index (κ2) is 8.43. The molecule has 138 valence electrons. The van der Waals surface area contributed by atoms with Gasteiger partial charge in [-0.1, -0.05) is 31.9 Å². The number of alkyl halides is 1. The molecule has 0 aliphatic rings. The van der Waals surface area contributed by atoms with E-state index >= 15 is 0 Å². The summed E-state index contributed by atoms with van der Waals surface area (Å²) in [6.07, 6.45) is 3.33. The molecule has 3 rings (SSSR count). The molecular formula is C21H13Br2N3O2. The Balaban J connectivity index is 2.27. The molecule has 3 aromatic rings. The number of hydrogen-bond donors (Lipinski definition) is 0. The second-order valence-corrected chi connectivity index (χ2v) is 7.32. The number of carbonyl (C=O) groups excluding carboxylic acids is 1. The summed E-state index contributed by atoms with van der Waals surface area (Å²) in [5, 5.41) is 19.9. The van der Waals surface area contributed by atoms with Gasteiger partial charge in [-0.3, -0.25) is 9.36 Å². The normalized spacial score (nSPS) is 11.1. The van der Waals surface area contributed by atoms with Crippen molar-refractivity contribution in [1.29, 1.82) is 10.5 Å². The number of halogens is 2. The maximum absolute atomic E-state index is 12.3. The number of hydrogen-bond acceptors (Lipinski definition) is 4. The number of nitriles is 2. The standard InChI is InChI=1S/C21H13Br2N3O2/c1-28-20-5-2-13(10-24)6-14(20)7-15(11-25)18-12-26(21(27)9-22)19-4-3-16(23)8-17(18)19/h2-8,12H,9H2,1H3/b15-7+. The fourth-order valence-corrected chi connectivity index (χ4v) is 3.56. The maximum atomic E-state index is 12.3. The van der Waals surface area contributed by atoms with Gasteiger partial charge in [0.05, 0.1) is 41.2 Å². The van der Waals surface area contributed by atoms with Crippen LogP contribution in [-0.4, -0.2) is 22.9 Å². The summed E-state index contributed by atoms with van der Waals surface area (Å²) in [7, 11) is 1.53. The Labute approximate surface area is 178 Å². The summed E-state index contributed by atoms with van der Waals surface area (Å²) < 4.78 is 7.72. The first kappa shape index (κ1) is 19.9. The van der Waals surface area contributed by atoms with Crippen molar-refractivity contribution in [2.75, 3.05) is 12.4 Å². The van der Waals surface area contributed by atoms with Crippen molar-refractivity contribution in [2.45, 2.75) is 0 Å². The van der Waals surface area contributed by atoms with Crippen LogP contribution < -0.4 is 4.74 Å². The summed E-state index contributed by atoms with van der Waals surface area (Å²) in [6, 6.07) is 14.8. The van der Waals surface area contributed by atoms with Crippen LogP contribution in [-0.2, 0) is 0 Å². The van der Waals surface area contributed by atoms with Crippen molar-refractivity contribution >= 4 is 60.3 Å². The molecule has 0 spiro atoms. The molecule has 0 amide bonds. The molecule has 0 unspecified atom stereocenters. The minimum atomic E-state index is -0.139. The Bertz CT molecular complexity index is 1200. The predicted octanol–water partition coefficient (Wildman–Crippen LogP) is 5.38. The van der Waals surface area contributed by atoms with Crippen molar-refractivity contribution in [3.05, 3.63) is 63.8 Å². The largest absolute Gasteiger partial charge is 0.496 e. The number of aromatic nitrogens is 1. The van der Waals surface area contributed by atoms with E-state index in [1.54, 1.807) is 30.5 Å². The van der Waals surface area contributed by atoms with Crippen LogP contribution in [0, 0.1) is 22.7 Å². The van der Waals surface area contributed by atoms with Crippen molar-refractivity contribution in [2.24, 2.45) is 0 Å². The first-order valence-electron chi connectivity index (χ1n) is 8.12. The lowest BCUT2D eigenvalue weighted by Crippen LogP contribution is -2.09. The Morgan fingerprint density at radius 3 is 2.68 bits per heavy atom. The number of carbonyl (C=O) groups is 1. The SMILES string of the molecule is COc1ccc(C#N)cc1/C=C(\C#N)c1cn(C(=O)CBr)c2ccc(Br)cc12. The molecule has 0 saturated heterocycles. The molecule has 0 atom stereocenters. The van der Waals surface area contributed by atoms with Gasteiger partial charge in [0.25, 0.3) is 0 Å². The molecule has 0 bridgehead atoms. The van der Waals surface area contributed by atoms with Gasteiger partial charge in [0.15, 0.2) is 0 Å². The third kappa shape index (κ3) is 3.73. The third-order valence-electron chi connectivity index (χ3n) is 4.22. The molecule has 1 aromatic heterocycles. The van der Waals surface area contributed by atoms with Crippen molar-refractivity contribution in [3.63, 3.8) is 0 Å². The monoisotopic (exact) mass is 497 g/mol. The molecule has 5 nitrogen and oxygen atoms in total. The lowest BCUT2D eigenvalue weighted by molar-refractivity contribution is 0.0948. The van der Waals surface area contributed by atoms with E-state index in [0.717, 1.165) is 9.86 Å². The minimum absolute atomic E-state index is 0.139. The Morgan fingerprint density at radius 1 is 1.25 bits per heavy atom. The van der Waals surface area contributed by atoms with Crippen LogP contribution in [0.4, 0.5) is 0 Å². The second-order valence-electron chi connectivity index (χ2n) is 5.84. The number of benzene rings is 2. The average Bonchev–Trinajstić information content (AvgIpc) is 3.09. The van der Waals surface area contributed by atoms with E-state index in [0.29, 0.717) is 33.5 Å². The first-order chi connectivity index (χ1) is 13.5. The number of nitrogens with zero attached hydrogens (tertiary/aromatic N) is 3. The molecule has 0 saturated carbocycles. The van der Waals surface area contributed by atoms with E-state index in [1.165, 1.54) is 11.7 Å². The van der Waals surface area contributed by atoms with Crippen molar-refractivity contribution < 1.29 is 9.53 Å². The van der Waals surface area contributed by atoms with Gasteiger partial charge >= 0.3 is 0 Å². The molecule has 7 heteroatoms. The van der Waals surface area contributed by atoms with Gasteiger partial charge in [0.2, 0.25) is 5.91 Å². The number of fused-ring (bicyclic) bond motifs is 1. The predicted molar refractivity (Wildman–Crippen MR) is 115 cm³/mol. The highest BCUT2D eigenvalue weighted by Crippen LogP contribution is 2.32. The molecule has 0 aliphatic carbocycles. The van der Waals surface area contributed by atoms with Crippen LogP contribution in [0.3, 0.4) is 0 Å². The van der Waals surface area contributed by atoms with Crippen molar-refractivity contribution in [1.82, 2.24) is 4.57 Å². The van der Waals surface area contributed by atoms with Crippen LogP contribution in [0.15, 0.2) is 47.1 Å². The summed E-state index contributed by atoms with van der Waals surface area (Å²) >= 11 is 6.64. The number of allylic oxidation sites excluding steroid dienone is 1. The zero-order valence-electron chi connectivity index (χ0n) is 14.7. The van der Waals surface area contributed by atoms with E-state index < -0.39 is 0 Å². The van der Waals surface area contributed by atoms with E-state index in [-0.39, 0.29) is 11.2 Å². The van der Waals surface area contributed by atoms with E-state index in [1.807, 2.05) is 18.2 Å². The van der Waals surface area contributed by atoms with Gasteiger partial charge in [-0.15, -0.1) is 0 Å². The Hall–Kier alpha value is -2.87. The molecule has 0 aliphatic heterocycles. The molecule has 0 fully saturated rings. The zero-order chi connectivity index (χ0) is 20.3. The summed E-state index contributed by atoms with van der Waals surface area (Å²) in [5.41, 5.74) is 2.77. The molecule has 2 aromatic carbocycles. The highest BCUT2D eigenvalue weighted by molar-refractivity contribution is 9.10. The van der Waals surface area contributed by atoms with Gasteiger partial charge in [0.1, 0.15) is 5.75 Å². The average molecular weight is 499 g/mol. The van der Waals surface area contributed by atoms with E-state index in [2.05, 4.69) is 44.0 Å². The van der Waals surface area contributed by atoms with Gasteiger partial charge in [-0.2, -0.15) is 10.5 Å². The minimum Gasteiger partial charge on any atom is -0.496 e. The molecular weight excluding hydrogens is 486 g/mol. The van der Waals surface area contributed by atoms with Crippen LogP contribution in [0.25, 0.3) is 22.6 Å². The molecule has 0 N–H and O–H groups in total. The van der Waals surface area contributed by atoms with Gasteiger partial charge in [-0.05, 0) is 42.5 Å². The molecule has 28 heavy (non-hydrogen) atoms. The zero-order valence-corrected chi connectivity index (χ0v) is 17.9. The van der Waals surface area contributed by atoms with Crippen molar-refractivity contribution in [3.8, 4) is 17.9 Å². The fraction of sp³-hybridized carbons (Fsp3) is 0.0952. The maximum Gasteiger partial charge on any atom is 0.241 e. The van der Waals surface area contributed by atoms with Crippen LogP contribution >= 0.6 is 31.9 Å². The summed E-state index contributed by atoms with van der Waals surface area (Å²) in [5.74, 6) is 0.410. The van der Waals surface area contributed by atoms with E-state index in [9.17, 15) is 15.3 Å². The highest BCUT2D eigenvalue weighted by Gasteiger charge is 2.17. The summed E-state index contributed by atoms with van der Waals surface area (Å²) in [4.78, 5) is 12.3. The molecule has 1 heterocycles. The Morgan fingerprint density at radius 2 is 2.04 bits per heavy atom. The van der Waals surface area contributed by atoms with Gasteiger partial charge < -0.3 is 4.74 Å². The summed E-state index contributed by atoms with van der Waals surface area (Å²) in [6.45, 7) is 0. The van der Waals surface area contributed by atoms with E-state index in [4.69, 9.17) is 4.74 Å². The first-order valence-corrected chi connectivity index (χ1v) is 10.0. The van der Waals surface area contributed by atoms with Crippen LogP contribution in [0.5, 0.6) is 5.75 Å². The Kier molecular flexibility index (Phi) is 5.99. The number of methoxy groups -OCH3 is 1. The number of rotatable bonds is 4. The fourth-order valence-electron chi connectivity index (χ4n) is 2.93. The van der Waals surface area contributed by atoms with Crippen LogP contribution in [0.1, 0.15) is 21.5 Å². The quantitative estimate of drug-likeness (QED) is 0.357.